The fourth-order valence-electron chi connectivity index (χ4n) is 1.16. The topological polar surface area (TPSA) is 20.2 Å². The first-order valence-corrected chi connectivity index (χ1v) is 4.76. The molecule has 1 aromatic rings. The summed E-state index contributed by atoms with van der Waals surface area (Å²) in [5.41, 5.74) is 1.24. The normalized spacial score (nSPS) is 10.8. The zero-order valence-electron chi connectivity index (χ0n) is 7.82. The van der Waals surface area contributed by atoms with E-state index in [0.717, 1.165) is 19.3 Å². The summed E-state index contributed by atoms with van der Waals surface area (Å²) in [6.45, 7) is 0.305. The van der Waals surface area contributed by atoms with Gasteiger partial charge in [-0.25, -0.2) is 0 Å². The first kappa shape index (κ1) is 10.0. The van der Waals surface area contributed by atoms with E-state index in [9.17, 15) is 0 Å². The highest BCUT2D eigenvalue weighted by Gasteiger charge is 1.84. The quantitative estimate of drug-likeness (QED) is 0.684. The minimum Gasteiger partial charge on any atom is -0.396 e. The van der Waals surface area contributed by atoms with Crippen LogP contribution in [0.2, 0.25) is 0 Å². The molecule has 70 valence electrons. The summed E-state index contributed by atoms with van der Waals surface area (Å²) >= 11 is 0. The Bertz CT molecular complexity index is 239. The number of aliphatic hydroxyl groups excluding tert-OH is 1. The van der Waals surface area contributed by atoms with Gasteiger partial charge < -0.3 is 5.11 Å². The first-order valence-electron chi connectivity index (χ1n) is 4.76. The molecule has 0 bridgehead atoms. The van der Waals surface area contributed by atoms with Gasteiger partial charge in [-0.2, -0.15) is 0 Å². The molecule has 1 rings (SSSR count). The van der Waals surface area contributed by atoms with Gasteiger partial charge in [0.15, 0.2) is 0 Å². The largest absolute Gasteiger partial charge is 0.396 e. The van der Waals surface area contributed by atoms with Crippen molar-refractivity contribution in [3.05, 3.63) is 42.0 Å². The zero-order valence-corrected chi connectivity index (χ0v) is 7.82. The summed E-state index contributed by atoms with van der Waals surface area (Å²) in [6, 6.07) is 10.3. The predicted molar refractivity (Wildman–Crippen MR) is 56.4 cm³/mol. The van der Waals surface area contributed by atoms with Gasteiger partial charge in [0.1, 0.15) is 0 Å². The lowest BCUT2D eigenvalue weighted by Crippen LogP contribution is -1.80. The standard InChI is InChI=1S/C12H16O/c13-11-7-2-1-4-8-12-9-5-3-6-10-12/h3-6,8-10,13H,1-2,7,11H2/b8-4-. The smallest absolute Gasteiger partial charge is 0.0431 e. The first-order chi connectivity index (χ1) is 6.43. The van der Waals surface area contributed by atoms with Gasteiger partial charge >= 0.3 is 0 Å². The maximum Gasteiger partial charge on any atom is 0.0431 e. The fraction of sp³-hybridized carbons (Fsp3) is 0.333. The van der Waals surface area contributed by atoms with Crippen LogP contribution in [0.4, 0.5) is 0 Å². The number of benzene rings is 1. The lowest BCUT2D eigenvalue weighted by molar-refractivity contribution is 0.285. The summed E-state index contributed by atoms with van der Waals surface area (Å²) in [5, 5.41) is 8.56. The maximum atomic E-state index is 8.56. The molecule has 0 saturated carbocycles. The molecule has 0 aliphatic heterocycles. The monoisotopic (exact) mass is 176 g/mol. The van der Waals surface area contributed by atoms with E-state index in [1.165, 1.54) is 5.56 Å². The molecule has 1 aromatic carbocycles. The molecule has 1 nitrogen and oxygen atoms in total. The second kappa shape index (κ2) is 6.44. The number of hydrogen-bond donors (Lipinski definition) is 1. The molecule has 0 radical (unpaired) electrons. The average Bonchev–Trinajstić information content (AvgIpc) is 2.19. The fourth-order valence-corrected chi connectivity index (χ4v) is 1.16. The van der Waals surface area contributed by atoms with E-state index in [2.05, 4.69) is 24.3 Å². The number of unbranched alkanes of at least 4 members (excludes halogenated alkanes) is 2. The van der Waals surface area contributed by atoms with Crippen molar-refractivity contribution in [2.24, 2.45) is 0 Å². The molecule has 0 aliphatic rings. The minimum atomic E-state index is 0.305. The van der Waals surface area contributed by atoms with Gasteiger partial charge in [0.25, 0.3) is 0 Å². The van der Waals surface area contributed by atoms with Crippen molar-refractivity contribution >= 4 is 6.08 Å². The van der Waals surface area contributed by atoms with Crippen LogP contribution in [0.15, 0.2) is 36.4 Å². The molecular formula is C12H16O. The van der Waals surface area contributed by atoms with Crippen molar-refractivity contribution < 1.29 is 5.11 Å². The summed E-state index contributed by atoms with van der Waals surface area (Å²) in [5.74, 6) is 0. The van der Waals surface area contributed by atoms with Gasteiger partial charge in [0.2, 0.25) is 0 Å². The van der Waals surface area contributed by atoms with E-state index in [4.69, 9.17) is 5.11 Å². The van der Waals surface area contributed by atoms with Crippen molar-refractivity contribution in [2.45, 2.75) is 19.3 Å². The van der Waals surface area contributed by atoms with Crippen molar-refractivity contribution in [1.29, 1.82) is 0 Å². The molecule has 0 saturated heterocycles. The Hall–Kier alpha value is -1.08. The molecule has 0 aromatic heterocycles. The molecule has 1 heteroatoms. The van der Waals surface area contributed by atoms with Gasteiger partial charge in [0.05, 0.1) is 0 Å². The van der Waals surface area contributed by atoms with Gasteiger partial charge in [-0.15, -0.1) is 0 Å². The van der Waals surface area contributed by atoms with Gasteiger partial charge in [0, 0.05) is 6.61 Å². The van der Waals surface area contributed by atoms with E-state index in [1.54, 1.807) is 0 Å². The summed E-state index contributed by atoms with van der Waals surface area (Å²) in [4.78, 5) is 0. The third-order valence-corrected chi connectivity index (χ3v) is 1.89. The van der Waals surface area contributed by atoms with Crippen LogP contribution >= 0.6 is 0 Å². The van der Waals surface area contributed by atoms with Gasteiger partial charge in [-0.05, 0) is 24.8 Å². The second-order valence-electron chi connectivity index (χ2n) is 3.03. The molecule has 0 unspecified atom stereocenters. The highest BCUT2D eigenvalue weighted by Crippen LogP contribution is 2.03. The molecule has 0 heterocycles. The Labute approximate surface area is 79.7 Å². The lowest BCUT2D eigenvalue weighted by Gasteiger charge is -1.92. The third-order valence-electron chi connectivity index (χ3n) is 1.89. The molecule has 1 N–H and O–H groups in total. The van der Waals surface area contributed by atoms with Gasteiger partial charge in [-0.3, -0.25) is 0 Å². The summed E-state index contributed by atoms with van der Waals surface area (Å²) < 4.78 is 0. The number of aliphatic hydroxyl groups is 1. The molecule has 13 heavy (non-hydrogen) atoms. The van der Waals surface area contributed by atoms with Gasteiger partial charge in [-0.1, -0.05) is 42.5 Å². The van der Waals surface area contributed by atoms with E-state index < -0.39 is 0 Å². The predicted octanol–water partition coefficient (Wildman–Crippen LogP) is 2.86. The minimum absolute atomic E-state index is 0.305. The Kier molecular flexibility index (Phi) is 4.95. The van der Waals surface area contributed by atoms with Crippen molar-refractivity contribution in [2.75, 3.05) is 6.61 Å². The van der Waals surface area contributed by atoms with Crippen LogP contribution in [-0.4, -0.2) is 11.7 Å². The summed E-state index contributed by atoms with van der Waals surface area (Å²) in [7, 11) is 0. The van der Waals surface area contributed by atoms with E-state index >= 15 is 0 Å². The summed E-state index contributed by atoms with van der Waals surface area (Å²) in [6.07, 6.45) is 7.30. The van der Waals surface area contributed by atoms with E-state index in [1.807, 2.05) is 18.2 Å². The zero-order chi connectivity index (χ0) is 9.36. The molecule has 0 fully saturated rings. The number of hydrogen-bond acceptors (Lipinski definition) is 1. The highest BCUT2D eigenvalue weighted by molar-refractivity contribution is 5.48. The average molecular weight is 176 g/mol. The van der Waals surface area contributed by atoms with Crippen molar-refractivity contribution in [3.63, 3.8) is 0 Å². The Balaban J connectivity index is 2.25. The second-order valence-corrected chi connectivity index (χ2v) is 3.03. The van der Waals surface area contributed by atoms with Crippen LogP contribution < -0.4 is 0 Å². The Morgan fingerprint density at radius 2 is 1.85 bits per heavy atom. The van der Waals surface area contributed by atoms with Crippen LogP contribution in [0.3, 0.4) is 0 Å². The lowest BCUT2D eigenvalue weighted by atomic mass is 10.2. The molecule has 0 aliphatic carbocycles. The SMILES string of the molecule is OCCCC/C=C\c1ccccc1. The van der Waals surface area contributed by atoms with Crippen LogP contribution in [0.1, 0.15) is 24.8 Å². The van der Waals surface area contributed by atoms with E-state index in [-0.39, 0.29) is 0 Å². The van der Waals surface area contributed by atoms with Crippen LogP contribution in [0.5, 0.6) is 0 Å². The van der Waals surface area contributed by atoms with Crippen LogP contribution in [0, 0.1) is 0 Å². The third kappa shape index (κ3) is 4.48. The number of rotatable bonds is 5. The Morgan fingerprint density at radius 1 is 1.08 bits per heavy atom. The van der Waals surface area contributed by atoms with Crippen LogP contribution in [-0.2, 0) is 0 Å². The van der Waals surface area contributed by atoms with Crippen molar-refractivity contribution in [3.8, 4) is 0 Å². The molecule has 0 atom stereocenters. The molecule has 0 amide bonds. The number of allylic oxidation sites excluding steroid dienone is 1. The molecule has 0 spiro atoms. The highest BCUT2D eigenvalue weighted by atomic mass is 16.2. The molecular weight excluding hydrogens is 160 g/mol. The van der Waals surface area contributed by atoms with E-state index in [0.29, 0.717) is 6.61 Å². The Morgan fingerprint density at radius 3 is 2.54 bits per heavy atom. The maximum absolute atomic E-state index is 8.56. The van der Waals surface area contributed by atoms with Crippen LogP contribution in [0.25, 0.3) is 6.08 Å². The van der Waals surface area contributed by atoms with Crippen molar-refractivity contribution in [1.82, 2.24) is 0 Å².